The first-order valence-corrected chi connectivity index (χ1v) is 6.59. The van der Waals surface area contributed by atoms with Crippen molar-refractivity contribution in [2.75, 3.05) is 13.2 Å². The molecule has 1 aromatic carbocycles. The number of carbonyl (C=O) groups excluding carboxylic acids is 1. The van der Waals surface area contributed by atoms with Crippen molar-refractivity contribution in [3.63, 3.8) is 0 Å². The van der Waals surface area contributed by atoms with Gasteiger partial charge in [0.1, 0.15) is 11.6 Å². The Labute approximate surface area is 124 Å². The van der Waals surface area contributed by atoms with Gasteiger partial charge >= 0.3 is 12.1 Å². The smallest absolute Gasteiger partial charge is 0.425 e. The summed E-state index contributed by atoms with van der Waals surface area (Å²) in [6.07, 6.45) is -7.53. The summed E-state index contributed by atoms with van der Waals surface area (Å²) in [6.45, 7) is 2.18. The highest BCUT2D eigenvalue weighted by atomic mass is 19.4. The highest BCUT2D eigenvalue weighted by Gasteiger charge is 2.42. The molecule has 0 heterocycles. The first-order chi connectivity index (χ1) is 10.3. The van der Waals surface area contributed by atoms with E-state index >= 15 is 0 Å². The summed E-state index contributed by atoms with van der Waals surface area (Å²) in [4.78, 5) is 11.6. The van der Waals surface area contributed by atoms with Crippen molar-refractivity contribution in [2.45, 2.75) is 32.0 Å². The first kappa shape index (κ1) is 18.2. The number of carbonyl (C=O) groups is 1. The monoisotopic (exact) mass is 324 g/mol. The molecule has 0 aliphatic heterocycles. The summed E-state index contributed by atoms with van der Waals surface area (Å²) < 4.78 is 61.2. The summed E-state index contributed by atoms with van der Waals surface area (Å²) in [5, 5.41) is 9.01. The van der Waals surface area contributed by atoms with Crippen LogP contribution >= 0.6 is 0 Å². The van der Waals surface area contributed by atoms with Crippen molar-refractivity contribution >= 4 is 5.97 Å². The average Bonchev–Trinajstić information content (AvgIpc) is 2.40. The van der Waals surface area contributed by atoms with E-state index in [1.807, 2.05) is 0 Å². The maximum absolute atomic E-state index is 13.4. The quantitative estimate of drug-likeness (QED) is 0.474. The van der Waals surface area contributed by atoms with E-state index in [0.717, 1.165) is 12.1 Å². The van der Waals surface area contributed by atoms with E-state index in [1.54, 1.807) is 6.92 Å². The number of esters is 1. The van der Waals surface area contributed by atoms with E-state index < -0.39 is 41.8 Å². The average molecular weight is 324 g/mol. The summed E-state index contributed by atoms with van der Waals surface area (Å²) in [5.41, 5.74) is -0.670. The fourth-order valence-corrected chi connectivity index (χ4v) is 1.67. The van der Waals surface area contributed by atoms with Crippen molar-refractivity contribution < 1.29 is 36.9 Å². The molecule has 4 nitrogen and oxygen atoms in total. The molecule has 0 aliphatic carbocycles. The van der Waals surface area contributed by atoms with Crippen molar-refractivity contribution in [3.8, 4) is 5.75 Å². The number of hydrogen-bond donors (Lipinski definition) is 1. The van der Waals surface area contributed by atoms with Crippen LogP contribution in [-0.4, -0.2) is 36.6 Å². The van der Waals surface area contributed by atoms with Crippen molar-refractivity contribution in [2.24, 2.45) is 0 Å². The zero-order valence-corrected chi connectivity index (χ0v) is 11.8. The topological polar surface area (TPSA) is 55.8 Å². The second-order valence-electron chi connectivity index (χ2n) is 4.44. The Kier molecular flexibility index (Phi) is 6.61. The summed E-state index contributed by atoms with van der Waals surface area (Å²) in [5.74, 6) is -3.03. The minimum Gasteiger partial charge on any atom is -0.508 e. The zero-order chi connectivity index (χ0) is 16.8. The minimum absolute atomic E-state index is 0.0450. The molecule has 124 valence electrons. The largest absolute Gasteiger partial charge is 0.508 e. The van der Waals surface area contributed by atoms with E-state index in [1.165, 1.54) is 0 Å². The molecule has 0 saturated heterocycles. The molecule has 0 aromatic heterocycles. The van der Waals surface area contributed by atoms with Crippen LogP contribution < -0.4 is 0 Å². The number of phenols is 1. The van der Waals surface area contributed by atoms with Gasteiger partial charge < -0.3 is 14.6 Å². The molecule has 0 bridgehead atoms. The summed E-state index contributed by atoms with van der Waals surface area (Å²) in [6, 6.07) is 2.46. The first-order valence-electron chi connectivity index (χ1n) is 6.59. The van der Waals surface area contributed by atoms with E-state index in [9.17, 15) is 22.4 Å². The lowest BCUT2D eigenvalue weighted by molar-refractivity contribution is -0.206. The van der Waals surface area contributed by atoms with Crippen LogP contribution in [0.15, 0.2) is 18.2 Å². The number of hydrogen-bond acceptors (Lipinski definition) is 4. The molecule has 1 N–H and O–H groups in total. The maximum Gasteiger partial charge on any atom is 0.425 e. The van der Waals surface area contributed by atoms with Gasteiger partial charge in [-0.2, -0.15) is 13.2 Å². The molecule has 22 heavy (non-hydrogen) atoms. The van der Waals surface area contributed by atoms with Crippen LogP contribution in [0.2, 0.25) is 0 Å². The number of halogens is 4. The highest BCUT2D eigenvalue weighted by Crippen LogP contribution is 2.28. The Morgan fingerprint density at radius 3 is 2.59 bits per heavy atom. The molecule has 1 atom stereocenters. The third kappa shape index (κ3) is 5.51. The summed E-state index contributed by atoms with van der Waals surface area (Å²) >= 11 is 0. The molecule has 8 heteroatoms. The number of phenolic OH excluding ortho intramolecular Hbond substituents is 1. The Hall–Kier alpha value is -1.83. The number of ether oxygens (including phenoxy) is 2. The lowest BCUT2D eigenvalue weighted by Gasteiger charge is -2.20. The van der Waals surface area contributed by atoms with Crippen molar-refractivity contribution in [3.05, 3.63) is 29.6 Å². The predicted octanol–water partition coefficient (Wildman–Crippen LogP) is 3.44. The third-order valence-corrected chi connectivity index (χ3v) is 2.75. The number of aromatic hydroxyl groups is 1. The fourth-order valence-electron chi connectivity index (χ4n) is 1.67. The molecule has 0 aliphatic rings. The highest BCUT2D eigenvalue weighted by molar-refractivity contribution is 5.90. The van der Waals surface area contributed by atoms with Crippen LogP contribution in [-0.2, 0) is 9.47 Å². The lowest BCUT2D eigenvalue weighted by atomic mass is 10.1. The summed E-state index contributed by atoms with van der Waals surface area (Å²) in [7, 11) is 0. The number of benzene rings is 1. The third-order valence-electron chi connectivity index (χ3n) is 2.75. The maximum atomic E-state index is 13.4. The molecule has 0 amide bonds. The molecule has 1 aromatic rings. The standard InChI is InChI=1S/C14H16F4O4/c1-2-21-7-3-4-12(14(16,17)18)22-13(20)10-6-5-9(19)8-11(10)15/h5-6,8,12,19H,2-4,7H2,1H3/t12-/m1/s1. The van der Waals surface area contributed by atoms with Gasteiger partial charge in [-0.25, -0.2) is 9.18 Å². The van der Waals surface area contributed by atoms with E-state index in [-0.39, 0.29) is 13.0 Å². The van der Waals surface area contributed by atoms with Gasteiger partial charge in [-0.1, -0.05) is 0 Å². The Morgan fingerprint density at radius 1 is 1.36 bits per heavy atom. The molecule has 0 radical (unpaired) electrons. The van der Waals surface area contributed by atoms with E-state index in [2.05, 4.69) is 4.74 Å². The van der Waals surface area contributed by atoms with Crippen molar-refractivity contribution in [1.82, 2.24) is 0 Å². The fraction of sp³-hybridized carbons (Fsp3) is 0.500. The zero-order valence-electron chi connectivity index (χ0n) is 11.8. The second kappa shape index (κ2) is 7.98. The van der Waals surface area contributed by atoms with Gasteiger partial charge in [0.05, 0.1) is 5.56 Å². The van der Waals surface area contributed by atoms with Gasteiger partial charge in [-0.05, 0) is 31.9 Å². The Morgan fingerprint density at radius 2 is 2.05 bits per heavy atom. The molecular weight excluding hydrogens is 308 g/mol. The SMILES string of the molecule is CCOCCC[C@@H](OC(=O)c1ccc(O)cc1F)C(F)(F)F. The van der Waals surface area contributed by atoms with Gasteiger partial charge in [-0.15, -0.1) is 0 Å². The van der Waals surface area contributed by atoms with Gasteiger partial charge in [0.25, 0.3) is 0 Å². The number of alkyl halides is 3. The van der Waals surface area contributed by atoms with E-state index in [4.69, 9.17) is 9.84 Å². The molecule has 0 spiro atoms. The van der Waals surface area contributed by atoms with Gasteiger partial charge in [0, 0.05) is 19.3 Å². The molecular formula is C14H16F4O4. The van der Waals surface area contributed by atoms with Crippen LogP contribution in [0.1, 0.15) is 30.1 Å². The molecule has 0 fully saturated rings. The van der Waals surface area contributed by atoms with Crippen LogP contribution in [0.5, 0.6) is 5.75 Å². The lowest BCUT2D eigenvalue weighted by Crippen LogP contribution is -2.34. The van der Waals surface area contributed by atoms with Gasteiger partial charge in [-0.3, -0.25) is 0 Å². The Balaban J connectivity index is 2.74. The molecule has 0 unspecified atom stereocenters. The van der Waals surface area contributed by atoms with Crippen LogP contribution in [0.25, 0.3) is 0 Å². The van der Waals surface area contributed by atoms with Crippen LogP contribution in [0.3, 0.4) is 0 Å². The number of rotatable bonds is 7. The van der Waals surface area contributed by atoms with Gasteiger partial charge in [0.2, 0.25) is 0 Å². The van der Waals surface area contributed by atoms with Crippen molar-refractivity contribution in [1.29, 1.82) is 0 Å². The van der Waals surface area contributed by atoms with Crippen LogP contribution in [0.4, 0.5) is 17.6 Å². The van der Waals surface area contributed by atoms with Gasteiger partial charge in [0.15, 0.2) is 6.10 Å². The molecule has 1 rings (SSSR count). The predicted molar refractivity (Wildman–Crippen MR) is 69.1 cm³/mol. The molecule has 0 saturated carbocycles. The Bertz CT molecular complexity index is 502. The van der Waals surface area contributed by atoms with E-state index in [0.29, 0.717) is 12.7 Å². The normalized spacial score (nSPS) is 13.0. The second-order valence-corrected chi connectivity index (χ2v) is 4.44. The van der Waals surface area contributed by atoms with Crippen LogP contribution in [0, 0.1) is 5.82 Å². The minimum atomic E-state index is -4.75.